The van der Waals surface area contributed by atoms with Crippen molar-refractivity contribution in [2.24, 2.45) is 10.9 Å². The molecule has 1 N–H and O–H groups in total. The molecule has 2 heterocycles. The van der Waals surface area contributed by atoms with Crippen LogP contribution in [0.4, 0.5) is 0 Å². The van der Waals surface area contributed by atoms with E-state index in [1.54, 1.807) is 0 Å². The molecule has 2 rings (SSSR count). The van der Waals surface area contributed by atoms with Gasteiger partial charge in [-0.25, -0.2) is 0 Å². The number of likely N-dealkylation sites (tertiary alicyclic amines) is 1. The molecule has 4 heteroatoms. The molecule has 0 radical (unpaired) electrons. The zero-order chi connectivity index (χ0) is 13.0. The van der Waals surface area contributed by atoms with Crippen LogP contribution < -0.4 is 5.32 Å². The number of amidine groups is 1. The van der Waals surface area contributed by atoms with Crippen molar-refractivity contribution in [3.63, 3.8) is 0 Å². The van der Waals surface area contributed by atoms with Gasteiger partial charge in [0.25, 0.3) is 0 Å². The monoisotopic (exact) mass is 269 g/mol. The molecule has 0 bridgehead atoms. The van der Waals surface area contributed by atoms with E-state index in [0.29, 0.717) is 11.3 Å². The minimum absolute atomic E-state index is 0.614. The van der Waals surface area contributed by atoms with Gasteiger partial charge in [-0.05, 0) is 38.3 Å². The van der Waals surface area contributed by atoms with E-state index in [1.807, 2.05) is 11.8 Å². The summed E-state index contributed by atoms with van der Waals surface area (Å²) >= 11 is 1.96. The molecule has 0 aliphatic carbocycles. The third-order valence-electron chi connectivity index (χ3n) is 3.73. The molecule has 0 aromatic carbocycles. The van der Waals surface area contributed by atoms with Gasteiger partial charge in [-0.2, -0.15) is 0 Å². The average Bonchev–Trinajstić information content (AvgIpc) is 2.76. The lowest BCUT2D eigenvalue weighted by Crippen LogP contribution is -2.46. The lowest BCUT2D eigenvalue weighted by atomic mass is 10.1. The zero-order valence-corrected chi connectivity index (χ0v) is 12.8. The van der Waals surface area contributed by atoms with Crippen LogP contribution in [-0.2, 0) is 0 Å². The highest BCUT2D eigenvalue weighted by molar-refractivity contribution is 8.14. The molecule has 2 aliphatic rings. The Bertz CT molecular complexity index is 291. The van der Waals surface area contributed by atoms with E-state index in [2.05, 4.69) is 36.0 Å². The van der Waals surface area contributed by atoms with Crippen molar-refractivity contribution in [1.29, 1.82) is 0 Å². The Hall–Kier alpha value is -0.220. The summed E-state index contributed by atoms with van der Waals surface area (Å²) < 4.78 is 0. The molecule has 104 valence electrons. The fourth-order valence-electron chi connectivity index (χ4n) is 2.78. The second-order valence-electron chi connectivity index (χ2n) is 5.89. The van der Waals surface area contributed by atoms with Crippen molar-refractivity contribution in [3.05, 3.63) is 0 Å². The van der Waals surface area contributed by atoms with Crippen molar-refractivity contribution in [3.8, 4) is 0 Å². The highest BCUT2D eigenvalue weighted by Gasteiger charge is 2.24. The van der Waals surface area contributed by atoms with E-state index in [4.69, 9.17) is 0 Å². The van der Waals surface area contributed by atoms with Gasteiger partial charge in [0.1, 0.15) is 0 Å². The Morgan fingerprint density at radius 2 is 2.33 bits per heavy atom. The molecule has 18 heavy (non-hydrogen) atoms. The number of piperidine rings is 1. The topological polar surface area (TPSA) is 27.6 Å². The highest BCUT2D eigenvalue weighted by atomic mass is 32.2. The lowest BCUT2D eigenvalue weighted by Gasteiger charge is -2.32. The number of aliphatic imine (C=N–C) groups is 1. The van der Waals surface area contributed by atoms with Gasteiger partial charge in [-0.1, -0.05) is 32.5 Å². The molecular weight excluding hydrogens is 242 g/mol. The molecule has 0 aromatic rings. The van der Waals surface area contributed by atoms with Crippen molar-refractivity contribution in [1.82, 2.24) is 10.2 Å². The van der Waals surface area contributed by atoms with Crippen LogP contribution in [0.3, 0.4) is 0 Å². The standard InChI is InChI=1S/C14H27N3S/c1-4-17-7-5-6-12(10-17)16-14-15-9-13(18-14)8-11(2)3/h11-13H,4-10H2,1-3H3,(H,15,16). The van der Waals surface area contributed by atoms with E-state index >= 15 is 0 Å². The Balaban J connectivity index is 1.74. The molecule has 0 saturated carbocycles. The van der Waals surface area contributed by atoms with Gasteiger partial charge >= 0.3 is 0 Å². The van der Waals surface area contributed by atoms with E-state index in [0.717, 1.165) is 12.5 Å². The van der Waals surface area contributed by atoms with Gasteiger partial charge in [0, 0.05) is 17.8 Å². The first-order chi connectivity index (χ1) is 8.67. The summed E-state index contributed by atoms with van der Waals surface area (Å²) in [6.45, 7) is 11.5. The molecule has 2 atom stereocenters. The molecule has 0 amide bonds. The minimum atomic E-state index is 0.614. The summed E-state index contributed by atoms with van der Waals surface area (Å²) in [5.74, 6) is 0.780. The predicted octanol–water partition coefficient (Wildman–Crippen LogP) is 2.58. The van der Waals surface area contributed by atoms with Crippen LogP contribution in [0, 0.1) is 5.92 Å². The third kappa shape index (κ3) is 4.16. The van der Waals surface area contributed by atoms with Crippen LogP contribution in [-0.4, -0.2) is 47.5 Å². The van der Waals surface area contributed by atoms with Gasteiger partial charge < -0.3 is 10.2 Å². The van der Waals surface area contributed by atoms with E-state index in [1.165, 1.54) is 44.1 Å². The molecule has 1 saturated heterocycles. The van der Waals surface area contributed by atoms with Crippen LogP contribution in [0.1, 0.15) is 40.0 Å². The Morgan fingerprint density at radius 3 is 3.06 bits per heavy atom. The van der Waals surface area contributed by atoms with Crippen LogP contribution in [0.15, 0.2) is 4.99 Å². The smallest absolute Gasteiger partial charge is 0.157 e. The summed E-state index contributed by atoms with van der Waals surface area (Å²) in [6.07, 6.45) is 3.90. The van der Waals surface area contributed by atoms with Gasteiger partial charge in [-0.3, -0.25) is 4.99 Å². The number of likely N-dealkylation sites (N-methyl/N-ethyl adjacent to an activating group) is 1. The molecule has 0 spiro atoms. The highest BCUT2D eigenvalue weighted by Crippen LogP contribution is 2.26. The van der Waals surface area contributed by atoms with Crippen LogP contribution in [0.5, 0.6) is 0 Å². The summed E-state index contributed by atoms with van der Waals surface area (Å²) in [4.78, 5) is 7.20. The number of thioether (sulfide) groups is 1. The second-order valence-corrected chi connectivity index (χ2v) is 7.18. The number of hydrogen-bond acceptors (Lipinski definition) is 4. The van der Waals surface area contributed by atoms with Crippen molar-refractivity contribution in [2.75, 3.05) is 26.2 Å². The molecule has 1 fully saturated rings. The van der Waals surface area contributed by atoms with Crippen LogP contribution >= 0.6 is 11.8 Å². The lowest BCUT2D eigenvalue weighted by molar-refractivity contribution is 0.210. The number of nitrogens with one attached hydrogen (secondary N) is 1. The molecule has 2 aliphatic heterocycles. The second kappa shape index (κ2) is 6.80. The van der Waals surface area contributed by atoms with Crippen molar-refractivity contribution >= 4 is 16.9 Å². The zero-order valence-electron chi connectivity index (χ0n) is 12.0. The maximum absolute atomic E-state index is 4.67. The average molecular weight is 269 g/mol. The fraction of sp³-hybridized carbons (Fsp3) is 0.929. The Kier molecular flexibility index (Phi) is 5.37. The van der Waals surface area contributed by atoms with Crippen molar-refractivity contribution < 1.29 is 0 Å². The number of nitrogens with zero attached hydrogens (tertiary/aromatic N) is 2. The van der Waals surface area contributed by atoms with E-state index in [9.17, 15) is 0 Å². The minimum Gasteiger partial charge on any atom is -0.361 e. The Morgan fingerprint density at radius 1 is 1.50 bits per heavy atom. The summed E-state index contributed by atoms with van der Waals surface area (Å²) in [5, 5.41) is 5.56. The van der Waals surface area contributed by atoms with Crippen molar-refractivity contribution in [2.45, 2.75) is 51.3 Å². The predicted molar refractivity (Wildman–Crippen MR) is 81.4 cm³/mol. The van der Waals surface area contributed by atoms with Gasteiger partial charge in [0.2, 0.25) is 0 Å². The largest absolute Gasteiger partial charge is 0.361 e. The van der Waals surface area contributed by atoms with Crippen LogP contribution in [0.25, 0.3) is 0 Å². The molecular formula is C14H27N3S. The fourth-order valence-corrected chi connectivity index (χ4v) is 4.11. The SMILES string of the molecule is CCN1CCCC(NC2=NCC(CC(C)C)S2)C1. The van der Waals surface area contributed by atoms with Gasteiger partial charge in [0.05, 0.1) is 6.54 Å². The number of hydrogen-bond donors (Lipinski definition) is 1. The summed E-state index contributed by atoms with van der Waals surface area (Å²) in [7, 11) is 0. The maximum atomic E-state index is 4.67. The molecule has 0 aromatic heterocycles. The third-order valence-corrected chi connectivity index (χ3v) is 4.88. The maximum Gasteiger partial charge on any atom is 0.157 e. The van der Waals surface area contributed by atoms with Crippen LogP contribution in [0.2, 0.25) is 0 Å². The van der Waals surface area contributed by atoms with E-state index < -0.39 is 0 Å². The Labute approximate surface area is 116 Å². The summed E-state index contributed by atoms with van der Waals surface area (Å²) in [5.41, 5.74) is 0. The molecule has 3 nitrogen and oxygen atoms in total. The first-order valence-corrected chi connectivity index (χ1v) is 8.25. The quantitative estimate of drug-likeness (QED) is 0.850. The van der Waals surface area contributed by atoms with E-state index in [-0.39, 0.29) is 0 Å². The number of rotatable bonds is 4. The van der Waals surface area contributed by atoms with Gasteiger partial charge in [0.15, 0.2) is 5.17 Å². The summed E-state index contributed by atoms with van der Waals surface area (Å²) in [6, 6.07) is 0.614. The first-order valence-electron chi connectivity index (χ1n) is 7.37. The normalized spacial score (nSPS) is 29.7. The van der Waals surface area contributed by atoms with Gasteiger partial charge in [-0.15, -0.1) is 0 Å². The first kappa shape index (κ1) is 14.2. The molecule has 2 unspecified atom stereocenters.